The van der Waals surface area contributed by atoms with Crippen LogP contribution in [0.25, 0.3) is 0 Å². The van der Waals surface area contributed by atoms with Crippen molar-refractivity contribution >= 4 is 5.91 Å². The number of hydrogen-bond acceptors (Lipinski definition) is 3. The molecule has 0 radical (unpaired) electrons. The maximum absolute atomic E-state index is 11.6. The lowest BCUT2D eigenvalue weighted by atomic mass is 10.2. The van der Waals surface area contributed by atoms with Crippen LogP contribution in [0.1, 0.15) is 46.5 Å². The van der Waals surface area contributed by atoms with Crippen LogP contribution in [0.15, 0.2) is 0 Å². The van der Waals surface area contributed by atoms with Gasteiger partial charge < -0.3 is 10.6 Å². The molecule has 1 fully saturated rings. The lowest BCUT2D eigenvalue weighted by Crippen LogP contribution is -2.44. The van der Waals surface area contributed by atoms with Gasteiger partial charge >= 0.3 is 0 Å². The first-order chi connectivity index (χ1) is 8.54. The Bertz CT molecular complexity index is 253. The summed E-state index contributed by atoms with van der Waals surface area (Å²) in [5.41, 5.74) is 0. The highest BCUT2D eigenvalue weighted by Gasteiger charge is 2.28. The molecule has 2 N–H and O–H groups in total. The highest BCUT2D eigenvalue weighted by atomic mass is 16.1. The Labute approximate surface area is 111 Å². The van der Waals surface area contributed by atoms with E-state index in [1.165, 1.54) is 12.8 Å². The molecule has 2 unspecified atom stereocenters. The minimum Gasteiger partial charge on any atom is -0.353 e. The van der Waals surface area contributed by atoms with Gasteiger partial charge in [-0.1, -0.05) is 13.3 Å². The number of amides is 1. The monoisotopic (exact) mass is 255 g/mol. The largest absolute Gasteiger partial charge is 0.353 e. The van der Waals surface area contributed by atoms with E-state index < -0.39 is 0 Å². The summed E-state index contributed by atoms with van der Waals surface area (Å²) in [5.74, 6) is 0.109. The van der Waals surface area contributed by atoms with E-state index >= 15 is 0 Å². The van der Waals surface area contributed by atoms with Gasteiger partial charge in [0, 0.05) is 24.7 Å². The standard InChI is InChI=1S/C14H29N3O/c1-5-6-11(2)16-14(18)10-15-9-12(3)17(4)13-7-8-13/h11-13,15H,5-10H2,1-4H3,(H,16,18). The van der Waals surface area contributed by atoms with Crippen LogP contribution in [0, 0.1) is 0 Å². The molecule has 0 saturated heterocycles. The Morgan fingerprint density at radius 2 is 2.06 bits per heavy atom. The fraction of sp³-hybridized carbons (Fsp3) is 0.929. The van der Waals surface area contributed by atoms with E-state index in [9.17, 15) is 4.79 Å². The Kier molecular flexibility index (Phi) is 6.65. The predicted octanol–water partition coefficient (Wildman–Crippen LogP) is 1.36. The van der Waals surface area contributed by atoms with Crippen molar-refractivity contribution in [1.29, 1.82) is 0 Å². The average molecular weight is 255 g/mol. The molecule has 0 spiro atoms. The SMILES string of the molecule is CCCC(C)NC(=O)CNCC(C)N(C)C1CC1. The van der Waals surface area contributed by atoms with E-state index in [1.807, 2.05) is 0 Å². The summed E-state index contributed by atoms with van der Waals surface area (Å²) < 4.78 is 0. The highest BCUT2D eigenvalue weighted by Crippen LogP contribution is 2.26. The topological polar surface area (TPSA) is 44.4 Å². The van der Waals surface area contributed by atoms with Crippen LogP contribution in [0.2, 0.25) is 0 Å². The first-order valence-corrected chi connectivity index (χ1v) is 7.26. The summed E-state index contributed by atoms with van der Waals surface area (Å²) >= 11 is 0. The zero-order chi connectivity index (χ0) is 13.5. The molecule has 0 aromatic rings. The minimum atomic E-state index is 0.109. The highest BCUT2D eigenvalue weighted by molar-refractivity contribution is 5.78. The molecule has 4 heteroatoms. The number of hydrogen-bond donors (Lipinski definition) is 2. The van der Waals surface area contributed by atoms with Crippen molar-refractivity contribution in [1.82, 2.24) is 15.5 Å². The van der Waals surface area contributed by atoms with Crippen LogP contribution in [0.4, 0.5) is 0 Å². The van der Waals surface area contributed by atoms with E-state index in [2.05, 4.69) is 43.4 Å². The first kappa shape index (κ1) is 15.4. The van der Waals surface area contributed by atoms with Crippen LogP contribution >= 0.6 is 0 Å². The number of rotatable bonds is 9. The van der Waals surface area contributed by atoms with Gasteiger partial charge in [-0.25, -0.2) is 0 Å². The van der Waals surface area contributed by atoms with Gasteiger partial charge in [0.15, 0.2) is 0 Å². The second-order valence-electron chi connectivity index (χ2n) is 5.63. The molecule has 4 nitrogen and oxygen atoms in total. The maximum Gasteiger partial charge on any atom is 0.234 e. The predicted molar refractivity (Wildman–Crippen MR) is 75.6 cm³/mol. The van der Waals surface area contributed by atoms with E-state index in [0.29, 0.717) is 12.6 Å². The van der Waals surface area contributed by atoms with Crippen LogP contribution in [0.3, 0.4) is 0 Å². The molecule has 1 aliphatic rings. The first-order valence-electron chi connectivity index (χ1n) is 7.26. The molecule has 0 heterocycles. The van der Waals surface area contributed by atoms with E-state index in [4.69, 9.17) is 0 Å². The fourth-order valence-electron chi connectivity index (χ4n) is 2.21. The minimum absolute atomic E-state index is 0.109. The van der Waals surface area contributed by atoms with Gasteiger partial charge in [0.25, 0.3) is 0 Å². The third-order valence-electron chi connectivity index (χ3n) is 3.67. The number of nitrogens with one attached hydrogen (secondary N) is 2. The zero-order valence-electron chi connectivity index (χ0n) is 12.3. The van der Waals surface area contributed by atoms with Crippen molar-refractivity contribution in [2.75, 3.05) is 20.1 Å². The Morgan fingerprint density at radius 3 is 2.61 bits per heavy atom. The average Bonchev–Trinajstić information content (AvgIpc) is 3.11. The van der Waals surface area contributed by atoms with Gasteiger partial charge in [-0.05, 0) is 40.2 Å². The van der Waals surface area contributed by atoms with Crippen molar-refractivity contribution in [2.45, 2.75) is 64.6 Å². The molecule has 1 saturated carbocycles. The van der Waals surface area contributed by atoms with E-state index in [1.54, 1.807) is 0 Å². The summed E-state index contributed by atoms with van der Waals surface area (Å²) in [6, 6.07) is 1.56. The number of likely N-dealkylation sites (N-methyl/N-ethyl adjacent to an activating group) is 1. The van der Waals surface area contributed by atoms with Crippen molar-refractivity contribution in [2.24, 2.45) is 0 Å². The van der Waals surface area contributed by atoms with Gasteiger partial charge in [-0.2, -0.15) is 0 Å². The van der Waals surface area contributed by atoms with Gasteiger partial charge in [0.2, 0.25) is 5.91 Å². The lowest BCUT2D eigenvalue weighted by molar-refractivity contribution is -0.120. The van der Waals surface area contributed by atoms with Gasteiger partial charge in [0.05, 0.1) is 6.54 Å². The van der Waals surface area contributed by atoms with Crippen LogP contribution in [-0.2, 0) is 4.79 Å². The van der Waals surface area contributed by atoms with Crippen molar-refractivity contribution in [3.63, 3.8) is 0 Å². The summed E-state index contributed by atoms with van der Waals surface area (Å²) in [4.78, 5) is 14.0. The van der Waals surface area contributed by atoms with Gasteiger partial charge in [0.1, 0.15) is 0 Å². The molecule has 1 rings (SSSR count). The third-order valence-corrected chi connectivity index (χ3v) is 3.67. The van der Waals surface area contributed by atoms with E-state index in [-0.39, 0.29) is 11.9 Å². The third kappa shape index (κ3) is 5.83. The maximum atomic E-state index is 11.6. The number of carbonyl (C=O) groups excluding carboxylic acids is 1. The Hall–Kier alpha value is -0.610. The molecule has 1 aliphatic carbocycles. The van der Waals surface area contributed by atoms with Crippen LogP contribution < -0.4 is 10.6 Å². The zero-order valence-corrected chi connectivity index (χ0v) is 12.3. The molecule has 0 aliphatic heterocycles. The molecule has 2 atom stereocenters. The van der Waals surface area contributed by atoms with Crippen LogP contribution in [-0.4, -0.2) is 49.1 Å². The quantitative estimate of drug-likeness (QED) is 0.654. The molecule has 1 amide bonds. The van der Waals surface area contributed by atoms with Crippen molar-refractivity contribution in [3.05, 3.63) is 0 Å². The summed E-state index contributed by atoms with van der Waals surface area (Å²) in [5, 5.41) is 6.25. The summed E-state index contributed by atoms with van der Waals surface area (Å²) in [7, 11) is 2.17. The van der Waals surface area contributed by atoms with Crippen molar-refractivity contribution in [3.8, 4) is 0 Å². The second kappa shape index (κ2) is 7.74. The summed E-state index contributed by atoms with van der Waals surface area (Å²) in [6.07, 6.45) is 4.82. The normalized spacial score (nSPS) is 18.7. The second-order valence-corrected chi connectivity index (χ2v) is 5.63. The smallest absolute Gasteiger partial charge is 0.234 e. The Balaban J connectivity index is 2.07. The fourth-order valence-corrected chi connectivity index (χ4v) is 2.21. The van der Waals surface area contributed by atoms with E-state index in [0.717, 1.165) is 25.4 Å². The number of carbonyl (C=O) groups is 1. The molecule has 0 aromatic carbocycles. The van der Waals surface area contributed by atoms with Gasteiger partial charge in [-0.15, -0.1) is 0 Å². The molecular formula is C14H29N3O. The Morgan fingerprint density at radius 1 is 1.39 bits per heavy atom. The van der Waals surface area contributed by atoms with Gasteiger partial charge in [-0.3, -0.25) is 9.69 Å². The molecule has 0 bridgehead atoms. The molecule has 106 valence electrons. The van der Waals surface area contributed by atoms with Crippen LogP contribution in [0.5, 0.6) is 0 Å². The summed E-state index contributed by atoms with van der Waals surface area (Å²) in [6.45, 7) is 7.71. The molecule has 0 aromatic heterocycles. The molecular weight excluding hydrogens is 226 g/mol. The molecule has 18 heavy (non-hydrogen) atoms. The van der Waals surface area contributed by atoms with Crippen molar-refractivity contribution < 1.29 is 4.79 Å². The lowest BCUT2D eigenvalue weighted by Gasteiger charge is -2.24. The number of nitrogens with zero attached hydrogens (tertiary/aromatic N) is 1.